The lowest BCUT2D eigenvalue weighted by molar-refractivity contribution is -0.148. The van der Waals surface area contributed by atoms with Crippen molar-refractivity contribution in [3.05, 3.63) is 119 Å². The Kier molecular flexibility index (Phi) is 21.8. The fraction of sp³-hybridized carbons (Fsp3) is 0.273. The number of hydrogen-bond donors (Lipinski definition) is 10. The average Bonchev–Trinajstić information content (AvgIpc) is 3.32. The van der Waals surface area contributed by atoms with Crippen LogP contribution in [0.15, 0.2) is 107 Å². The van der Waals surface area contributed by atoms with Crippen molar-refractivity contribution in [3.63, 3.8) is 0 Å². The molecule has 4 aromatic rings. The van der Waals surface area contributed by atoms with Crippen molar-refractivity contribution in [2.75, 3.05) is 39.5 Å². The highest BCUT2D eigenvalue weighted by atomic mass is 32.2. The first kappa shape index (κ1) is 58.5. The van der Waals surface area contributed by atoms with E-state index >= 15 is 0 Å². The smallest absolute Gasteiger partial charge is 0.343 e. The molecule has 30 heteroatoms. The van der Waals surface area contributed by atoms with E-state index in [1.807, 2.05) is 0 Å². The molecule has 0 aliphatic carbocycles. The summed E-state index contributed by atoms with van der Waals surface area (Å²) >= 11 is 0. The number of carbonyl (C=O) groups excluding carboxylic acids is 2. The third kappa shape index (κ3) is 19.1. The molecule has 14 N–H and O–H groups in total. The van der Waals surface area contributed by atoms with Gasteiger partial charge >= 0.3 is 35.8 Å². The number of aliphatic carboxylic acids is 4. The van der Waals surface area contributed by atoms with Gasteiger partial charge < -0.3 is 62.3 Å². The Hall–Kier alpha value is -8.10. The molecule has 0 aliphatic rings. The van der Waals surface area contributed by atoms with E-state index < -0.39 is 121 Å². The van der Waals surface area contributed by atoms with Gasteiger partial charge in [-0.15, -0.1) is 0 Å². The van der Waals surface area contributed by atoms with Crippen LogP contribution >= 0.6 is 0 Å². The number of carbonyl (C=O) groups is 6. The quantitative estimate of drug-likeness (QED) is 0.0103. The van der Waals surface area contributed by atoms with Gasteiger partial charge in [-0.05, 0) is 83.9 Å². The predicted molar refractivity (Wildman–Crippen MR) is 261 cm³/mol. The molecule has 74 heavy (non-hydrogen) atoms. The summed E-state index contributed by atoms with van der Waals surface area (Å²) in [6, 6.07) is 18.6. The van der Waals surface area contributed by atoms with Crippen molar-refractivity contribution >= 4 is 79.5 Å². The minimum Gasteiger partial charge on any atom is -0.481 e. The van der Waals surface area contributed by atoms with Crippen LogP contribution in [0.4, 0.5) is 11.4 Å². The number of nitrogens with zero attached hydrogens (tertiary/aromatic N) is 4. The number of guanidine groups is 2. The van der Waals surface area contributed by atoms with Gasteiger partial charge in [0.05, 0.1) is 61.8 Å². The normalized spacial score (nSPS) is 12.3. The molecule has 0 heterocycles. The number of nitrogens with two attached hydrogens (primary N) is 4. The first-order chi connectivity index (χ1) is 34.9. The number of carboxylic acid groups (broad SMARTS) is 4. The number of aliphatic imine (C=N–C) groups is 2. The third-order valence-corrected chi connectivity index (χ3v) is 12.9. The van der Waals surface area contributed by atoms with Crippen molar-refractivity contribution in [3.8, 4) is 11.5 Å². The zero-order chi connectivity index (χ0) is 54.6. The van der Waals surface area contributed by atoms with Gasteiger partial charge in [-0.3, -0.25) is 19.2 Å². The lowest BCUT2D eigenvalue weighted by Gasteiger charge is -2.27. The summed E-state index contributed by atoms with van der Waals surface area (Å²) in [6.45, 7) is -4.08. The average molecular weight is 1070 g/mol. The summed E-state index contributed by atoms with van der Waals surface area (Å²) in [5.74, 6) is -8.75. The van der Waals surface area contributed by atoms with Crippen molar-refractivity contribution in [1.29, 1.82) is 0 Å². The highest BCUT2D eigenvalue weighted by Crippen LogP contribution is 2.21. The second kappa shape index (κ2) is 27.6. The van der Waals surface area contributed by atoms with Crippen molar-refractivity contribution < 1.29 is 85.0 Å². The van der Waals surface area contributed by atoms with Crippen molar-refractivity contribution in [2.45, 2.75) is 38.0 Å². The number of nitrogens with one attached hydrogen (secondary N) is 2. The number of ether oxygens (including phenoxy) is 4. The van der Waals surface area contributed by atoms with Gasteiger partial charge in [0.25, 0.3) is 20.4 Å². The number of esters is 2. The van der Waals surface area contributed by atoms with E-state index in [4.69, 9.17) is 41.9 Å². The molecule has 2 unspecified atom stereocenters. The van der Waals surface area contributed by atoms with E-state index in [2.05, 4.69) is 19.4 Å². The van der Waals surface area contributed by atoms with Gasteiger partial charge in [0, 0.05) is 26.2 Å². The molecule has 4 aromatic carbocycles. The Labute approximate surface area is 422 Å². The molecule has 0 fully saturated rings. The molecule has 398 valence electrons. The van der Waals surface area contributed by atoms with Gasteiger partial charge in [0.2, 0.25) is 0 Å². The minimum absolute atomic E-state index is 0.0153. The van der Waals surface area contributed by atoms with E-state index in [1.54, 1.807) is 0 Å². The van der Waals surface area contributed by atoms with Crippen LogP contribution in [0.2, 0.25) is 0 Å². The Bertz CT molecular complexity index is 2720. The molecule has 0 aliphatic heterocycles. The molecule has 0 aromatic heterocycles. The molecule has 0 spiro atoms. The van der Waals surface area contributed by atoms with Crippen LogP contribution in [0.5, 0.6) is 11.5 Å². The van der Waals surface area contributed by atoms with E-state index in [-0.39, 0.29) is 58.9 Å². The molecular formula is C44H52N10O18S2. The lowest BCUT2D eigenvalue weighted by atomic mass is 10.2. The van der Waals surface area contributed by atoms with Crippen molar-refractivity contribution in [2.24, 2.45) is 32.9 Å². The molecule has 0 radical (unpaired) electrons. The molecule has 0 bridgehead atoms. The SMILES string of the molecule is NC(N)=Nc1ccc(C(=O)Oc2cccc(CNS(=O)(=O)N(CCOCCOCCN(C(CC(=O)O)C(=O)O)S(=O)(=O)NCc3cccc(OC(=O)c4ccc(N=C(N)N)cc4)c3)C(CC(=O)O)C(=O)O)c2)cc1. The maximum atomic E-state index is 13.6. The van der Waals surface area contributed by atoms with E-state index in [0.717, 1.165) is 0 Å². The topological polar surface area (TPSA) is 448 Å². The van der Waals surface area contributed by atoms with Gasteiger partial charge in [0.15, 0.2) is 11.9 Å². The Morgan fingerprint density at radius 1 is 0.527 bits per heavy atom. The van der Waals surface area contributed by atoms with E-state index in [1.165, 1.54) is 97.1 Å². The summed E-state index contributed by atoms with van der Waals surface area (Å²) < 4.78 is 81.0. The predicted octanol–water partition coefficient (Wildman–Crippen LogP) is -0.203. The maximum absolute atomic E-state index is 13.6. The largest absolute Gasteiger partial charge is 0.481 e. The number of carboxylic acids is 4. The zero-order valence-electron chi connectivity index (χ0n) is 38.9. The monoisotopic (exact) mass is 1070 g/mol. The third-order valence-electron chi connectivity index (χ3n) is 9.76. The first-order valence-electron chi connectivity index (χ1n) is 21.5. The summed E-state index contributed by atoms with van der Waals surface area (Å²) in [5, 5.41) is 38.5. The Morgan fingerprint density at radius 2 is 0.878 bits per heavy atom. The highest BCUT2D eigenvalue weighted by molar-refractivity contribution is 7.87. The first-order valence-corrected chi connectivity index (χ1v) is 24.4. The van der Waals surface area contributed by atoms with Gasteiger partial charge in [-0.2, -0.15) is 34.9 Å². The minimum atomic E-state index is -4.79. The maximum Gasteiger partial charge on any atom is 0.343 e. The van der Waals surface area contributed by atoms with Crippen LogP contribution in [0.25, 0.3) is 0 Å². The fourth-order valence-electron chi connectivity index (χ4n) is 6.40. The molecule has 0 saturated carbocycles. The summed E-state index contributed by atoms with van der Waals surface area (Å²) in [6.07, 6.45) is -2.29. The van der Waals surface area contributed by atoms with Crippen LogP contribution in [0.1, 0.15) is 44.7 Å². The van der Waals surface area contributed by atoms with Crippen molar-refractivity contribution in [1.82, 2.24) is 18.1 Å². The van der Waals surface area contributed by atoms with Gasteiger partial charge in [-0.1, -0.05) is 24.3 Å². The summed E-state index contributed by atoms with van der Waals surface area (Å²) in [4.78, 5) is 80.8. The van der Waals surface area contributed by atoms with Crippen LogP contribution in [0.3, 0.4) is 0 Å². The summed E-state index contributed by atoms with van der Waals surface area (Å²) in [7, 11) is -9.58. The Balaban J connectivity index is 1.34. The molecule has 0 amide bonds. The molecule has 28 nitrogen and oxygen atoms in total. The molecular weight excluding hydrogens is 1020 g/mol. The van der Waals surface area contributed by atoms with Crippen LogP contribution < -0.4 is 41.9 Å². The van der Waals surface area contributed by atoms with Gasteiger partial charge in [-0.25, -0.2) is 19.6 Å². The van der Waals surface area contributed by atoms with Crippen LogP contribution in [-0.4, -0.2) is 145 Å². The molecule has 2 atom stereocenters. The van der Waals surface area contributed by atoms with E-state index in [9.17, 15) is 66.0 Å². The fourth-order valence-corrected chi connectivity index (χ4v) is 9.06. The number of hydrogen-bond acceptors (Lipinski definition) is 16. The van der Waals surface area contributed by atoms with Gasteiger partial charge in [0.1, 0.15) is 23.6 Å². The second-order valence-electron chi connectivity index (χ2n) is 15.2. The zero-order valence-corrected chi connectivity index (χ0v) is 40.5. The number of benzene rings is 4. The summed E-state index contributed by atoms with van der Waals surface area (Å²) in [5.41, 5.74) is 23.0. The standard InChI is InChI=1S/C44H52N10O18S2/c45-43(46)51-31-11-7-29(8-12-31)41(63)71-33-5-1-3-27(21-33)25-49-73(65,66)53(35(39(59)60)23-37(55)56)15-17-69-19-20-70-18-16-54(36(40(61)62)24-38(57)58)74(67,68)50-26-28-4-2-6-34(22-28)72-42(64)30-9-13-32(14-10-30)52-44(47)48/h1-14,21-22,35-36,49-50H,15-20,23-26H2,(H,55,56)(H,57,58)(H,59,60)(H,61,62)(H4,45,46,51)(H4,47,48,52). The molecule has 4 rings (SSSR count). The van der Waals surface area contributed by atoms with E-state index in [0.29, 0.717) is 20.0 Å². The van der Waals surface area contributed by atoms with Crippen LogP contribution in [-0.2, 0) is 62.2 Å². The highest BCUT2D eigenvalue weighted by Gasteiger charge is 2.38. The molecule has 0 saturated heterocycles. The Morgan fingerprint density at radius 3 is 1.19 bits per heavy atom. The lowest BCUT2D eigenvalue weighted by Crippen LogP contribution is -2.52. The van der Waals surface area contributed by atoms with Crippen LogP contribution in [0, 0.1) is 0 Å². The second-order valence-corrected chi connectivity index (χ2v) is 18.7. The number of rotatable bonds is 31.